The second-order valence-electron chi connectivity index (χ2n) is 8.75. The maximum Gasteiger partial charge on any atom is 0.303 e. The first-order valence-corrected chi connectivity index (χ1v) is 13.4. The highest BCUT2D eigenvalue weighted by atomic mass is 32.2. The van der Waals surface area contributed by atoms with Crippen LogP contribution in [0.2, 0.25) is 0 Å². The molecule has 1 aromatic rings. The zero-order chi connectivity index (χ0) is 30.4. The van der Waals surface area contributed by atoms with E-state index in [0.717, 1.165) is 44.4 Å². The molecule has 0 aliphatic carbocycles. The Balaban J connectivity index is 2.07. The minimum atomic E-state index is -1.48. The molecule has 1 aromatic carbocycles. The molecule has 0 unspecified atom stereocenters. The van der Waals surface area contributed by atoms with E-state index >= 15 is 0 Å². The van der Waals surface area contributed by atoms with Crippen LogP contribution >= 0.6 is 24.0 Å². The summed E-state index contributed by atoms with van der Waals surface area (Å²) in [6.45, 7) is 4.04. The quantitative estimate of drug-likeness (QED) is 0.173. The molecule has 0 saturated carbocycles. The Hall–Kier alpha value is -3.69. The van der Waals surface area contributed by atoms with Crippen molar-refractivity contribution in [1.82, 2.24) is 4.90 Å². The van der Waals surface area contributed by atoms with E-state index in [9.17, 15) is 24.0 Å². The SMILES string of the molecule is COc1ccc(/C=C2/SC(=S)N([C@@H]3O[C@@H](COC(C)=O)[C@H](OC(C)=O)[C@H](OC(C)=O)[C@@H]3OC(C)=O)C2=O)c(OC)c1. The maximum atomic E-state index is 13.7. The van der Waals surface area contributed by atoms with Crippen LogP contribution in [-0.2, 0) is 47.7 Å². The number of methoxy groups -OCH3 is 2. The van der Waals surface area contributed by atoms with Gasteiger partial charge in [0, 0.05) is 39.3 Å². The number of thioether (sulfide) groups is 1. The molecule has 0 aromatic heterocycles. The number of rotatable bonds is 9. The monoisotopic (exact) mass is 611 g/mol. The number of esters is 4. The van der Waals surface area contributed by atoms with Crippen LogP contribution in [0.15, 0.2) is 23.1 Å². The number of thiocarbonyl (C=S) groups is 1. The fourth-order valence-corrected chi connectivity index (χ4v) is 5.49. The van der Waals surface area contributed by atoms with Crippen molar-refractivity contribution in [2.75, 3.05) is 20.8 Å². The Labute approximate surface area is 245 Å². The van der Waals surface area contributed by atoms with Gasteiger partial charge in [0.25, 0.3) is 5.91 Å². The molecule has 0 radical (unpaired) electrons. The van der Waals surface area contributed by atoms with E-state index in [1.54, 1.807) is 24.3 Å². The zero-order valence-electron chi connectivity index (χ0n) is 23.1. The lowest BCUT2D eigenvalue weighted by Gasteiger charge is -2.46. The normalized spacial score (nSPS) is 25.0. The van der Waals surface area contributed by atoms with Crippen LogP contribution in [0.25, 0.3) is 6.08 Å². The summed E-state index contributed by atoms with van der Waals surface area (Å²) in [5.41, 5.74) is 0.551. The summed E-state index contributed by atoms with van der Waals surface area (Å²) in [5.74, 6) is -2.67. The second-order valence-corrected chi connectivity index (χ2v) is 10.4. The summed E-state index contributed by atoms with van der Waals surface area (Å²) in [4.78, 5) is 62.8. The largest absolute Gasteiger partial charge is 0.497 e. The third-order valence-electron chi connectivity index (χ3n) is 5.77. The molecule has 0 spiro atoms. The van der Waals surface area contributed by atoms with Gasteiger partial charge in [0.05, 0.1) is 19.1 Å². The Kier molecular flexibility index (Phi) is 10.7. The molecule has 5 atom stereocenters. The Morgan fingerprint density at radius 3 is 2.10 bits per heavy atom. The number of hydrogen-bond acceptors (Lipinski definition) is 14. The number of hydrogen-bond donors (Lipinski definition) is 0. The standard InChI is InChI=1S/C26H29NO12S2/c1-12(28)35-11-19-21(36-13(2)29)22(37-14(3)30)23(38-15(4)31)25(39-19)27-24(32)20(41-26(27)40)9-16-7-8-17(33-5)10-18(16)34-6/h7-10,19,21-23,25H,11H2,1-6H3/b20-9+/t19-,21-,22-,23-,25+/m0/s1. The van der Waals surface area contributed by atoms with Crippen molar-refractivity contribution in [2.24, 2.45) is 0 Å². The third kappa shape index (κ3) is 7.74. The lowest BCUT2D eigenvalue weighted by atomic mass is 9.96. The van der Waals surface area contributed by atoms with E-state index in [2.05, 4.69) is 0 Å². The molecule has 2 heterocycles. The van der Waals surface area contributed by atoms with Gasteiger partial charge in [-0.3, -0.25) is 28.9 Å². The maximum absolute atomic E-state index is 13.7. The summed E-state index contributed by atoms with van der Waals surface area (Å²) in [6.07, 6.45) is -5.43. The molecular weight excluding hydrogens is 582 g/mol. The van der Waals surface area contributed by atoms with Crippen molar-refractivity contribution >= 4 is 64.2 Å². The molecule has 1 amide bonds. The highest BCUT2D eigenvalue weighted by Crippen LogP contribution is 2.40. The molecule has 222 valence electrons. The van der Waals surface area contributed by atoms with Gasteiger partial charge >= 0.3 is 23.9 Å². The van der Waals surface area contributed by atoms with Crippen molar-refractivity contribution in [3.8, 4) is 11.5 Å². The van der Waals surface area contributed by atoms with Crippen LogP contribution in [0.1, 0.15) is 33.3 Å². The molecule has 15 heteroatoms. The van der Waals surface area contributed by atoms with Gasteiger partial charge in [-0.1, -0.05) is 24.0 Å². The number of carbonyl (C=O) groups is 5. The van der Waals surface area contributed by atoms with Gasteiger partial charge in [0.1, 0.15) is 24.2 Å². The van der Waals surface area contributed by atoms with Crippen molar-refractivity contribution in [3.63, 3.8) is 0 Å². The van der Waals surface area contributed by atoms with Crippen LogP contribution < -0.4 is 9.47 Å². The molecule has 3 rings (SSSR count). The summed E-state index contributed by atoms with van der Waals surface area (Å²) >= 11 is 6.46. The number of carbonyl (C=O) groups excluding carboxylic acids is 5. The second kappa shape index (κ2) is 13.8. The Morgan fingerprint density at radius 1 is 0.927 bits per heavy atom. The smallest absolute Gasteiger partial charge is 0.303 e. The van der Waals surface area contributed by atoms with Gasteiger partial charge in [0.15, 0.2) is 28.9 Å². The molecule has 2 saturated heterocycles. The van der Waals surface area contributed by atoms with E-state index in [1.165, 1.54) is 14.2 Å². The summed E-state index contributed by atoms with van der Waals surface area (Å²) in [5, 5.41) is 0. The van der Waals surface area contributed by atoms with E-state index < -0.39 is 67.0 Å². The van der Waals surface area contributed by atoms with Crippen molar-refractivity contribution in [1.29, 1.82) is 0 Å². The van der Waals surface area contributed by atoms with Gasteiger partial charge in [-0.05, 0) is 18.2 Å². The van der Waals surface area contributed by atoms with Gasteiger partial charge < -0.3 is 33.2 Å². The predicted octanol–water partition coefficient (Wildman–Crippen LogP) is 1.99. The molecule has 13 nitrogen and oxygen atoms in total. The fraction of sp³-hybridized carbons (Fsp3) is 0.462. The predicted molar refractivity (Wildman–Crippen MR) is 147 cm³/mol. The van der Waals surface area contributed by atoms with E-state index in [4.69, 9.17) is 45.4 Å². The number of benzene rings is 1. The molecule has 2 aliphatic heterocycles. The fourth-order valence-electron chi connectivity index (χ4n) is 4.19. The number of nitrogens with zero attached hydrogens (tertiary/aromatic N) is 1. The molecule has 41 heavy (non-hydrogen) atoms. The van der Waals surface area contributed by atoms with Gasteiger partial charge in [0.2, 0.25) is 0 Å². The highest BCUT2D eigenvalue weighted by molar-refractivity contribution is 8.26. The van der Waals surface area contributed by atoms with Crippen LogP contribution in [-0.4, -0.2) is 90.5 Å². The molecule has 2 aliphatic rings. The van der Waals surface area contributed by atoms with Crippen LogP contribution in [0, 0.1) is 0 Å². The van der Waals surface area contributed by atoms with E-state index in [-0.39, 0.29) is 9.23 Å². The van der Waals surface area contributed by atoms with Crippen molar-refractivity contribution in [3.05, 3.63) is 28.7 Å². The highest BCUT2D eigenvalue weighted by Gasteiger charge is 2.56. The summed E-state index contributed by atoms with van der Waals surface area (Å²) in [6, 6.07) is 5.03. The van der Waals surface area contributed by atoms with Gasteiger partial charge in [-0.25, -0.2) is 0 Å². The average Bonchev–Trinajstić information content (AvgIpc) is 3.16. The first-order chi connectivity index (χ1) is 19.4. The minimum Gasteiger partial charge on any atom is -0.497 e. The van der Waals surface area contributed by atoms with Crippen molar-refractivity contribution < 1.29 is 57.1 Å². The lowest BCUT2D eigenvalue weighted by Crippen LogP contribution is -2.66. The topological polar surface area (TPSA) is 153 Å². The van der Waals surface area contributed by atoms with E-state index in [0.29, 0.717) is 17.1 Å². The lowest BCUT2D eigenvalue weighted by molar-refractivity contribution is -0.268. The zero-order valence-corrected chi connectivity index (χ0v) is 24.7. The molecule has 2 fully saturated rings. The number of ether oxygens (including phenoxy) is 7. The first-order valence-electron chi connectivity index (χ1n) is 12.2. The van der Waals surface area contributed by atoms with Crippen LogP contribution in [0.3, 0.4) is 0 Å². The average molecular weight is 612 g/mol. The van der Waals surface area contributed by atoms with Crippen LogP contribution in [0.5, 0.6) is 11.5 Å². The molecule has 0 bridgehead atoms. The summed E-state index contributed by atoms with van der Waals surface area (Å²) in [7, 11) is 2.97. The third-order valence-corrected chi connectivity index (χ3v) is 7.10. The van der Waals surface area contributed by atoms with Crippen molar-refractivity contribution in [2.45, 2.75) is 58.3 Å². The van der Waals surface area contributed by atoms with Gasteiger partial charge in [-0.15, -0.1) is 0 Å². The van der Waals surface area contributed by atoms with E-state index in [1.807, 2.05) is 0 Å². The number of amides is 1. The minimum absolute atomic E-state index is 0.0367. The molecule has 0 N–H and O–H groups in total. The first kappa shape index (κ1) is 31.8. The molecular formula is C26H29NO12S2. The van der Waals surface area contributed by atoms with Gasteiger partial charge in [-0.2, -0.15) is 0 Å². The Bertz CT molecular complexity index is 1260. The van der Waals surface area contributed by atoms with Crippen LogP contribution in [0.4, 0.5) is 0 Å². The Morgan fingerprint density at radius 2 is 1.54 bits per heavy atom. The summed E-state index contributed by atoms with van der Waals surface area (Å²) < 4.78 is 38.1.